The number of carbonyl (C=O) groups excluding carboxylic acids is 6. The SMILES string of the molecule is CC(=O)N[C@H]1[C@H](OC[C@H]2O[C@@H](O[C@H]3[C@H](O)[C@@H](NC(C)=O)[C@H](OC[C@H]4O[C@@H](O[C@H]5[C@H](O)[C@@H](NC(C)=O)[C@H](O[C@H]6[C@@H](O)[C@@H](CO)O[C@@H](O[C@H]7[C@H](O)[C@@H](O)[C@H](OC[C@@H](CO)NC=O)O[C@@H]7CO)[C@@H]6O)O[C@@H]5CO)[C@H](O)[C@@H](O[C@@H]5O[C@H](CO)[C@@H](O[C@@H]6O[C@H](CO)[C@H](O)[C@H](O[C@]7(C(=O)O)C[C@H](O)[C@@H](NC(C)=O)[C@H]([C@H](O)[C@H](O)CO)O7)[C@H]6O)[C@H](O)[C@H]5NC(C)=O)[C@H]4O)O[C@@H]3CO)[C@H](O)[C@@H](O)[C@H]2O)O[C@H](CO)[C@@H](O[C@@H]2O[C@H](CO)[C@H](O)[C@H](O)[C@H]2O)[C@@H]1O. The third kappa shape index (κ3) is 28.2. The van der Waals surface area contributed by atoms with Gasteiger partial charge in [0, 0.05) is 41.0 Å². The summed E-state index contributed by atoms with van der Waals surface area (Å²) in [6.45, 7) is -9.59. The molecule has 11 aliphatic rings. The molecule has 0 aliphatic carbocycles. The molecule has 866 valence electrons. The van der Waals surface area contributed by atoms with Crippen molar-refractivity contribution >= 4 is 41.9 Å². The Morgan fingerprint density at radius 3 is 0.933 bits per heavy atom. The first-order chi connectivity index (χ1) is 71.0. The maximum Gasteiger partial charge on any atom is 0.364 e. The third-order valence-electron chi connectivity index (χ3n) is 26.9. The number of hydrogen-bond acceptors (Lipinski definition) is 60. The standard InChI is InChI=1S/C83H138N6O61/c1-21(101)85-39-27(106)6-83(82(127)128,149-68(39)44(108)28(107)8-91)150-71-48(112)31(11-94)134-81(62(71)126)145-66-35(15-98)138-75(43(53(66)117)89-25(5)105)148-70-49(113)38(141-80(61(70)125)144-65-34(14-97)137-74(42(52(65)116)88-24(4)104)147-69-47(111)30(10-93)133-79(60(69)124)146-67-36(16-99)139-76(59(123)56(67)120)129-17-26(7-90)84-20-100)19-131-73-41(87-23(3)103)51(115)64(33(13-96)136-73)143-78-58(122)55(119)46(110)37(140-78)18-130-72-40(86-22(2)102)50(114)63(32(12-95)135-72)142-77-57(121)54(118)45(109)29(9-92)132-77/h20,26-81,90-99,106-126H,6-19H2,1-5H3,(H,84,100)(H,85,101)(H,86,102)(H,87,103)(H,88,104)(H,89,105)(H,127,128)/t26-,27+,28-,29-,30-,31-,32-,33-,34-,35-,36-,37-,38-,39-,40-,41-,42-,43-,44-,45+,46+,47+,48+,49+,50-,51-,52-,53-,54+,55+,56-,57-,58-,59-,60-,61-,62-,63-,64-,65-,66-,67-,68-,69+,70+,71+,72-,73-,74+,75+,76-,77+,78+,79+,80+,81+,83+/m1/s1. The van der Waals surface area contributed by atoms with Gasteiger partial charge in [-0.2, -0.15) is 0 Å². The molecule has 0 spiro atoms. The number of aliphatic carboxylic acids is 1. The van der Waals surface area contributed by atoms with E-state index in [0.717, 1.165) is 34.6 Å². The highest BCUT2D eigenvalue weighted by atomic mass is 16.8. The van der Waals surface area contributed by atoms with E-state index in [-0.39, 0.29) is 6.41 Å². The Morgan fingerprint density at radius 1 is 0.307 bits per heavy atom. The molecule has 67 nitrogen and oxygen atoms in total. The molecule has 11 aliphatic heterocycles. The second-order valence-corrected chi connectivity index (χ2v) is 37.5. The van der Waals surface area contributed by atoms with Crippen molar-refractivity contribution in [3.05, 3.63) is 0 Å². The van der Waals surface area contributed by atoms with Gasteiger partial charge in [0.05, 0.1) is 104 Å². The van der Waals surface area contributed by atoms with Crippen molar-refractivity contribution in [2.45, 2.75) is 390 Å². The fourth-order valence-electron chi connectivity index (χ4n) is 19.1. The molecule has 150 heavy (non-hydrogen) atoms. The molecule has 11 heterocycles. The summed E-state index contributed by atoms with van der Waals surface area (Å²) < 4.78 is 130. The predicted molar refractivity (Wildman–Crippen MR) is 461 cm³/mol. The van der Waals surface area contributed by atoms with E-state index in [1.165, 1.54) is 0 Å². The van der Waals surface area contributed by atoms with Crippen LogP contribution >= 0.6 is 0 Å². The van der Waals surface area contributed by atoms with Gasteiger partial charge in [-0.15, -0.1) is 0 Å². The second kappa shape index (κ2) is 55.1. The second-order valence-electron chi connectivity index (χ2n) is 37.5. The van der Waals surface area contributed by atoms with Crippen molar-refractivity contribution in [2.75, 3.05) is 85.9 Å². The fourth-order valence-corrected chi connectivity index (χ4v) is 19.1. The van der Waals surface area contributed by atoms with E-state index in [2.05, 4.69) is 31.9 Å². The van der Waals surface area contributed by atoms with Crippen LogP contribution in [0.3, 0.4) is 0 Å². The normalized spacial score (nSPS) is 46.3. The number of amides is 6. The Bertz CT molecular complexity index is 4230. The molecular weight excluding hydrogens is 2060 g/mol. The molecule has 0 unspecified atom stereocenters. The Hall–Kier alpha value is -5.83. The highest BCUT2D eigenvalue weighted by Crippen LogP contribution is 2.44. The van der Waals surface area contributed by atoms with Gasteiger partial charge in [0.2, 0.25) is 35.9 Å². The summed E-state index contributed by atoms with van der Waals surface area (Å²) in [5, 5.41) is 373. The number of carboxylic acids is 1. The molecule has 0 aromatic carbocycles. The highest BCUT2D eigenvalue weighted by Gasteiger charge is 2.65. The van der Waals surface area contributed by atoms with Crippen LogP contribution in [0.15, 0.2) is 0 Å². The Kier molecular flexibility index (Phi) is 45.7. The van der Waals surface area contributed by atoms with Crippen LogP contribution in [0.2, 0.25) is 0 Å². The number of aliphatic hydroxyl groups excluding tert-OH is 31. The molecule has 0 saturated carbocycles. The van der Waals surface area contributed by atoms with E-state index in [9.17, 15) is 197 Å². The Labute approximate surface area is 848 Å². The topological polar surface area (TPSA) is 1040 Å². The number of nitrogens with one attached hydrogen (secondary N) is 6. The van der Waals surface area contributed by atoms with Gasteiger partial charge in [-0.1, -0.05) is 0 Å². The zero-order valence-corrected chi connectivity index (χ0v) is 80.5. The van der Waals surface area contributed by atoms with Crippen molar-refractivity contribution < 1.29 is 301 Å². The zero-order valence-electron chi connectivity index (χ0n) is 80.5. The largest absolute Gasteiger partial charge is 0.477 e. The first-order valence-electron chi connectivity index (χ1n) is 47.5. The minimum absolute atomic E-state index is 0.222. The fraction of sp³-hybridized carbons (Fsp3) is 0.916. The third-order valence-corrected chi connectivity index (χ3v) is 26.9. The molecule has 11 rings (SSSR count). The molecule has 0 aromatic heterocycles. The molecule has 38 N–H and O–H groups in total. The van der Waals surface area contributed by atoms with Crippen LogP contribution in [0.4, 0.5) is 0 Å². The van der Waals surface area contributed by atoms with Gasteiger partial charge in [-0.3, -0.25) is 28.8 Å². The molecule has 0 bridgehead atoms. The Morgan fingerprint density at radius 2 is 0.587 bits per heavy atom. The van der Waals surface area contributed by atoms with Gasteiger partial charge >= 0.3 is 5.97 Å². The smallest absolute Gasteiger partial charge is 0.364 e. The van der Waals surface area contributed by atoms with Crippen LogP contribution in [0, 0.1) is 0 Å². The molecule has 0 aromatic rings. The van der Waals surface area contributed by atoms with E-state index in [0.29, 0.717) is 0 Å². The van der Waals surface area contributed by atoms with Crippen LogP contribution in [0.5, 0.6) is 0 Å². The highest BCUT2D eigenvalue weighted by molar-refractivity contribution is 5.77. The van der Waals surface area contributed by atoms with Gasteiger partial charge < -0.3 is 300 Å². The van der Waals surface area contributed by atoms with Crippen LogP contribution in [0.1, 0.15) is 41.0 Å². The molecule has 11 fully saturated rings. The minimum Gasteiger partial charge on any atom is -0.477 e. The monoisotopic (exact) mass is 2190 g/mol. The first-order valence-corrected chi connectivity index (χ1v) is 47.5. The van der Waals surface area contributed by atoms with Crippen LogP contribution < -0.4 is 31.9 Å². The summed E-state index contributed by atoms with van der Waals surface area (Å²) >= 11 is 0. The van der Waals surface area contributed by atoms with Crippen molar-refractivity contribution in [2.24, 2.45) is 0 Å². The molecule has 67 heteroatoms. The summed E-state index contributed by atoms with van der Waals surface area (Å²) in [6, 6.07) is -10.9. The van der Waals surface area contributed by atoms with Crippen molar-refractivity contribution in [3.63, 3.8) is 0 Å². The number of aliphatic hydroxyl groups is 31. The number of carbonyl (C=O) groups is 7. The van der Waals surface area contributed by atoms with Crippen LogP contribution in [0.25, 0.3) is 0 Å². The van der Waals surface area contributed by atoms with Gasteiger partial charge in [0.15, 0.2) is 62.9 Å². The van der Waals surface area contributed by atoms with Crippen molar-refractivity contribution in [3.8, 4) is 0 Å². The lowest BCUT2D eigenvalue weighted by Gasteiger charge is -2.51. The van der Waals surface area contributed by atoms with E-state index in [1.54, 1.807) is 0 Å². The molecular formula is C83H138N6O61. The lowest BCUT2D eigenvalue weighted by molar-refractivity contribution is -0.393. The number of hydrogen-bond donors (Lipinski definition) is 38. The van der Waals surface area contributed by atoms with Crippen molar-refractivity contribution in [1.29, 1.82) is 0 Å². The molecule has 11 saturated heterocycles. The maximum atomic E-state index is 13.4. The minimum atomic E-state index is -3.36. The molecule has 57 atom stereocenters. The Balaban J connectivity index is 0.871. The number of ether oxygens (including phenoxy) is 22. The lowest BCUT2D eigenvalue weighted by Crippen LogP contribution is -2.71. The zero-order chi connectivity index (χ0) is 111. The van der Waals surface area contributed by atoms with Gasteiger partial charge in [-0.25, -0.2) is 4.79 Å². The molecule has 6 amide bonds. The lowest BCUT2D eigenvalue weighted by atomic mass is 9.88. The van der Waals surface area contributed by atoms with E-state index < -0.39 is 477 Å². The van der Waals surface area contributed by atoms with Gasteiger partial charge in [-0.05, 0) is 0 Å². The quantitative estimate of drug-likeness (QED) is 0.0252. The number of carboxylic acid groups (broad SMARTS) is 1. The summed E-state index contributed by atoms with van der Waals surface area (Å²) in [7, 11) is 0. The van der Waals surface area contributed by atoms with Gasteiger partial charge in [0.1, 0.15) is 262 Å². The molecule has 0 radical (unpaired) electrons. The average Bonchev–Trinajstić information content (AvgIpc) is 0.745. The van der Waals surface area contributed by atoms with Crippen molar-refractivity contribution in [1.82, 2.24) is 31.9 Å². The average molecular weight is 2200 g/mol. The first kappa shape index (κ1) is 124. The van der Waals surface area contributed by atoms with Crippen LogP contribution in [-0.4, -0.2) is 640 Å². The van der Waals surface area contributed by atoms with E-state index in [4.69, 9.17) is 104 Å². The number of rotatable bonds is 45. The summed E-state index contributed by atoms with van der Waals surface area (Å²) in [5.74, 6) is -10.5. The summed E-state index contributed by atoms with van der Waals surface area (Å²) in [5.41, 5.74) is 0. The maximum absolute atomic E-state index is 13.4. The van der Waals surface area contributed by atoms with Gasteiger partial charge in [0.25, 0.3) is 5.79 Å². The van der Waals surface area contributed by atoms with E-state index in [1.807, 2.05) is 0 Å². The van der Waals surface area contributed by atoms with Crippen LogP contribution in [-0.2, 0) is 138 Å². The van der Waals surface area contributed by atoms with E-state index >= 15 is 0 Å². The summed E-state index contributed by atoms with van der Waals surface area (Å²) in [4.78, 5) is 89.6. The summed E-state index contributed by atoms with van der Waals surface area (Å²) in [6.07, 6.45) is -110. The predicted octanol–water partition coefficient (Wildman–Crippen LogP) is -25.9.